The molecule has 0 aromatic rings. The largest absolute Gasteiger partial charge is 0.481 e. The first kappa shape index (κ1) is 12.0. The van der Waals surface area contributed by atoms with Crippen molar-refractivity contribution in [3.05, 3.63) is 0 Å². The molecule has 1 unspecified atom stereocenters. The third-order valence-electron chi connectivity index (χ3n) is 2.85. The van der Waals surface area contributed by atoms with Gasteiger partial charge in [-0.15, -0.1) is 0 Å². The van der Waals surface area contributed by atoms with E-state index in [9.17, 15) is 14.7 Å². The molecule has 1 saturated carbocycles. The van der Waals surface area contributed by atoms with E-state index in [-0.39, 0.29) is 12.5 Å². The Morgan fingerprint density at radius 2 is 2.07 bits per heavy atom. The van der Waals surface area contributed by atoms with Crippen LogP contribution in [0.3, 0.4) is 0 Å². The number of nitrogens with one attached hydrogen (secondary N) is 1. The van der Waals surface area contributed by atoms with Crippen LogP contribution in [-0.4, -0.2) is 34.2 Å². The number of rotatable bonds is 5. The quantitative estimate of drug-likeness (QED) is 0.601. The van der Waals surface area contributed by atoms with Crippen LogP contribution in [0.25, 0.3) is 0 Å². The second-order valence-corrected chi connectivity index (χ2v) is 4.36. The Labute approximate surface area is 88.5 Å². The Morgan fingerprint density at radius 3 is 2.47 bits per heavy atom. The zero-order chi connectivity index (χ0) is 11.6. The number of carbonyl (C=O) groups is 2. The molecule has 1 fully saturated rings. The summed E-state index contributed by atoms with van der Waals surface area (Å²) in [6.07, 6.45) is 0.954. The van der Waals surface area contributed by atoms with Gasteiger partial charge in [-0.05, 0) is 19.8 Å². The molecule has 5 heteroatoms. The minimum Gasteiger partial charge on any atom is -0.481 e. The minimum atomic E-state index is -0.919. The molecular formula is C10H17NO4. The van der Waals surface area contributed by atoms with E-state index >= 15 is 0 Å². The smallest absolute Gasteiger partial charge is 0.307 e. The van der Waals surface area contributed by atoms with Gasteiger partial charge < -0.3 is 15.5 Å². The summed E-state index contributed by atoms with van der Waals surface area (Å²) in [6, 6.07) is 0. The predicted octanol–water partition coefficient (Wildman–Crippen LogP) is -0.0157. The highest BCUT2D eigenvalue weighted by Crippen LogP contribution is 2.38. The van der Waals surface area contributed by atoms with E-state index in [1.54, 1.807) is 6.92 Å². The zero-order valence-corrected chi connectivity index (χ0v) is 8.99. The summed E-state index contributed by atoms with van der Waals surface area (Å²) in [5, 5.41) is 20.8. The lowest BCUT2D eigenvalue weighted by molar-refractivity contribution is -0.140. The van der Waals surface area contributed by atoms with Gasteiger partial charge in [-0.25, -0.2) is 0 Å². The van der Waals surface area contributed by atoms with Crippen molar-refractivity contribution in [2.45, 2.75) is 32.3 Å². The van der Waals surface area contributed by atoms with Crippen molar-refractivity contribution in [3.8, 4) is 0 Å². The van der Waals surface area contributed by atoms with Crippen molar-refractivity contribution in [1.82, 2.24) is 5.32 Å². The van der Waals surface area contributed by atoms with E-state index in [0.29, 0.717) is 12.8 Å². The second-order valence-electron chi connectivity index (χ2n) is 4.36. The van der Waals surface area contributed by atoms with Crippen LogP contribution in [-0.2, 0) is 9.59 Å². The highest BCUT2D eigenvalue weighted by molar-refractivity contribution is 5.89. The molecule has 0 heterocycles. The van der Waals surface area contributed by atoms with Crippen molar-refractivity contribution in [3.63, 3.8) is 0 Å². The average Bonchev–Trinajstić information content (AvgIpc) is 2.94. The first-order valence-electron chi connectivity index (χ1n) is 5.10. The Balaban J connectivity index is 2.30. The molecule has 0 saturated heterocycles. The number of aliphatic hydroxyl groups is 1. The lowest BCUT2D eigenvalue weighted by Gasteiger charge is -2.21. The summed E-state index contributed by atoms with van der Waals surface area (Å²) >= 11 is 0. The Hall–Kier alpha value is -1.10. The summed E-state index contributed by atoms with van der Waals surface area (Å²) in [7, 11) is 0. The van der Waals surface area contributed by atoms with E-state index in [1.807, 2.05) is 6.92 Å². The number of carboxylic acids is 1. The minimum absolute atomic E-state index is 0.172. The lowest BCUT2D eigenvalue weighted by atomic mass is 10.0. The van der Waals surface area contributed by atoms with Gasteiger partial charge in [0.1, 0.15) is 0 Å². The molecule has 5 nitrogen and oxygen atoms in total. The molecule has 1 aliphatic carbocycles. The van der Waals surface area contributed by atoms with Crippen LogP contribution < -0.4 is 5.32 Å². The van der Waals surface area contributed by atoms with Crippen LogP contribution in [0.2, 0.25) is 0 Å². The van der Waals surface area contributed by atoms with Crippen LogP contribution in [0.1, 0.15) is 26.7 Å². The zero-order valence-electron chi connectivity index (χ0n) is 8.99. The van der Waals surface area contributed by atoms with Crippen molar-refractivity contribution in [2.75, 3.05) is 6.54 Å². The molecule has 0 aromatic carbocycles. The van der Waals surface area contributed by atoms with Gasteiger partial charge in [0, 0.05) is 6.54 Å². The summed E-state index contributed by atoms with van der Waals surface area (Å²) < 4.78 is 0. The number of aliphatic carboxylic acids is 1. The maximum Gasteiger partial charge on any atom is 0.307 e. The van der Waals surface area contributed by atoms with Crippen molar-refractivity contribution >= 4 is 11.9 Å². The topological polar surface area (TPSA) is 86.6 Å². The molecule has 1 amide bonds. The number of carboxylic acid groups (broad SMARTS) is 1. The molecule has 1 aliphatic rings. The van der Waals surface area contributed by atoms with Crippen LogP contribution in [0.4, 0.5) is 0 Å². The van der Waals surface area contributed by atoms with Gasteiger partial charge in [-0.3, -0.25) is 9.59 Å². The molecular weight excluding hydrogens is 198 g/mol. The summed E-state index contributed by atoms with van der Waals surface area (Å²) in [5.41, 5.74) is -0.913. The fraction of sp³-hybridized carbons (Fsp3) is 0.800. The maximum atomic E-state index is 11.4. The van der Waals surface area contributed by atoms with Crippen LogP contribution >= 0.6 is 0 Å². The maximum absolute atomic E-state index is 11.4. The van der Waals surface area contributed by atoms with E-state index in [4.69, 9.17) is 5.11 Å². The Kier molecular flexibility index (Phi) is 3.34. The third-order valence-corrected chi connectivity index (χ3v) is 2.85. The van der Waals surface area contributed by atoms with E-state index in [1.165, 1.54) is 0 Å². The van der Waals surface area contributed by atoms with E-state index in [0.717, 1.165) is 0 Å². The van der Waals surface area contributed by atoms with Crippen LogP contribution in [0, 0.1) is 11.8 Å². The number of carbonyl (C=O) groups excluding carboxylic acids is 1. The molecule has 15 heavy (non-hydrogen) atoms. The number of hydrogen-bond acceptors (Lipinski definition) is 3. The number of hydrogen-bond donors (Lipinski definition) is 3. The lowest BCUT2D eigenvalue weighted by Crippen LogP contribution is -2.41. The molecule has 3 N–H and O–H groups in total. The summed E-state index contributed by atoms with van der Waals surface area (Å²) in [4.78, 5) is 21.9. The molecule has 86 valence electrons. The summed E-state index contributed by atoms with van der Waals surface area (Å²) in [6.45, 7) is 3.63. The molecule has 0 aliphatic heterocycles. The third kappa shape index (κ3) is 3.20. The molecule has 0 radical (unpaired) electrons. The van der Waals surface area contributed by atoms with Crippen LogP contribution in [0.5, 0.6) is 0 Å². The molecule has 0 aromatic heterocycles. The molecule has 0 bridgehead atoms. The van der Waals surface area contributed by atoms with Gasteiger partial charge in [0.15, 0.2) is 0 Å². The van der Waals surface area contributed by atoms with Crippen molar-refractivity contribution in [1.29, 1.82) is 0 Å². The average molecular weight is 215 g/mol. The van der Waals surface area contributed by atoms with Crippen molar-refractivity contribution in [2.24, 2.45) is 11.8 Å². The predicted molar refractivity (Wildman–Crippen MR) is 53.2 cm³/mol. The van der Waals surface area contributed by atoms with E-state index < -0.39 is 23.4 Å². The molecule has 0 spiro atoms. The molecule has 1 rings (SSSR count). The fourth-order valence-corrected chi connectivity index (χ4v) is 1.29. The first-order chi connectivity index (χ1) is 6.87. The van der Waals surface area contributed by atoms with Gasteiger partial charge in [0.2, 0.25) is 5.91 Å². The Morgan fingerprint density at radius 1 is 1.47 bits per heavy atom. The second kappa shape index (κ2) is 4.18. The Bertz CT molecular complexity index is 275. The normalized spacial score (nSPS) is 27.9. The highest BCUT2D eigenvalue weighted by atomic mass is 16.4. The van der Waals surface area contributed by atoms with Gasteiger partial charge in [-0.1, -0.05) is 6.92 Å². The van der Waals surface area contributed by atoms with Gasteiger partial charge in [-0.2, -0.15) is 0 Å². The summed E-state index contributed by atoms with van der Waals surface area (Å²) in [5.74, 6) is -2.12. The molecule has 3 atom stereocenters. The van der Waals surface area contributed by atoms with Gasteiger partial charge in [0.05, 0.1) is 17.4 Å². The highest BCUT2D eigenvalue weighted by Gasteiger charge is 2.48. The van der Waals surface area contributed by atoms with Crippen molar-refractivity contribution < 1.29 is 19.8 Å². The van der Waals surface area contributed by atoms with E-state index in [2.05, 4.69) is 5.32 Å². The standard InChI is InChI=1S/C10H17NO4/c1-3-10(2,15)5-11-8(12)6-4-7(6)9(13)14/h6-7,15H,3-5H2,1-2H3,(H,11,12)(H,13,14)/t6-,7+,10?/m1/s1. The van der Waals surface area contributed by atoms with Crippen LogP contribution in [0.15, 0.2) is 0 Å². The monoisotopic (exact) mass is 215 g/mol. The SMILES string of the molecule is CCC(C)(O)CNC(=O)[C@@H]1C[C@@H]1C(=O)O. The first-order valence-corrected chi connectivity index (χ1v) is 5.10. The van der Waals surface area contributed by atoms with Gasteiger partial charge in [0.25, 0.3) is 0 Å². The fourth-order valence-electron chi connectivity index (χ4n) is 1.29. The number of amides is 1. The van der Waals surface area contributed by atoms with Gasteiger partial charge >= 0.3 is 5.97 Å².